The van der Waals surface area contributed by atoms with Crippen molar-refractivity contribution in [3.05, 3.63) is 34.9 Å². The van der Waals surface area contributed by atoms with Gasteiger partial charge in [-0.05, 0) is 44.0 Å². The molecule has 2 aromatic rings. The summed E-state index contributed by atoms with van der Waals surface area (Å²) in [6.07, 6.45) is 0. The molecule has 2 rings (SSSR count). The average Bonchev–Trinajstić information content (AvgIpc) is 2.79. The Morgan fingerprint density at radius 3 is 2.52 bits per heavy atom. The summed E-state index contributed by atoms with van der Waals surface area (Å²) in [5.74, 6) is 1.07. The van der Waals surface area contributed by atoms with Gasteiger partial charge in [0.25, 0.3) is 0 Å². The van der Waals surface area contributed by atoms with E-state index >= 15 is 0 Å². The monoisotopic (exact) mass is 309 g/mol. The van der Waals surface area contributed by atoms with E-state index in [-0.39, 0.29) is 11.4 Å². The molecule has 0 fully saturated rings. The van der Waals surface area contributed by atoms with Crippen molar-refractivity contribution in [3.8, 4) is 0 Å². The zero-order valence-electron chi connectivity index (χ0n) is 12.5. The first-order chi connectivity index (χ1) is 9.71. The first-order valence-corrected chi connectivity index (χ1v) is 7.86. The number of benzene rings is 1. The van der Waals surface area contributed by atoms with E-state index in [0.29, 0.717) is 22.9 Å². The molecule has 0 bridgehead atoms. The lowest BCUT2D eigenvalue weighted by molar-refractivity contribution is 0.456. The van der Waals surface area contributed by atoms with Gasteiger partial charge in [-0.2, -0.15) is 9.40 Å². The van der Waals surface area contributed by atoms with Gasteiger partial charge in [0, 0.05) is 12.7 Å². The molecule has 7 nitrogen and oxygen atoms in total. The first kappa shape index (κ1) is 15.5. The fraction of sp³-hybridized carbons (Fsp3) is 0.385. The van der Waals surface area contributed by atoms with Gasteiger partial charge in [-0.15, -0.1) is 0 Å². The fourth-order valence-corrected chi connectivity index (χ4v) is 3.49. The number of nitrogens with zero attached hydrogens (tertiary/aromatic N) is 3. The zero-order valence-corrected chi connectivity index (χ0v) is 13.3. The van der Waals surface area contributed by atoms with Crippen LogP contribution in [0, 0.1) is 20.8 Å². The van der Waals surface area contributed by atoms with Gasteiger partial charge in [-0.3, -0.25) is 5.10 Å². The Kier molecular flexibility index (Phi) is 4.02. The lowest BCUT2D eigenvalue weighted by Crippen LogP contribution is -2.28. The Morgan fingerprint density at radius 2 is 1.95 bits per heavy atom. The summed E-state index contributed by atoms with van der Waals surface area (Å²) in [7, 11) is -2.15. The van der Waals surface area contributed by atoms with Crippen LogP contribution in [0.2, 0.25) is 0 Å². The van der Waals surface area contributed by atoms with Crippen molar-refractivity contribution in [1.82, 2.24) is 19.5 Å². The molecule has 0 atom stereocenters. The molecule has 1 aromatic heterocycles. The summed E-state index contributed by atoms with van der Waals surface area (Å²) >= 11 is 0. The second-order valence-corrected chi connectivity index (χ2v) is 7.09. The molecule has 1 heterocycles. The molecule has 3 N–H and O–H groups in total. The normalized spacial score (nSPS) is 12.0. The molecule has 0 aliphatic rings. The maximum atomic E-state index is 12.7. The Bertz CT molecular complexity index is 767. The molecule has 8 heteroatoms. The highest BCUT2D eigenvalue weighted by atomic mass is 32.2. The summed E-state index contributed by atoms with van der Waals surface area (Å²) < 4.78 is 26.6. The molecular weight excluding hydrogens is 290 g/mol. The quantitative estimate of drug-likeness (QED) is 0.824. The number of nitrogens with two attached hydrogens (primary N) is 1. The number of aryl methyl sites for hydroxylation is 2. The summed E-state index contributed by atoms with van der Waals surface area (Å²) in [6.45, 7) is 5.37. The molecule has 0 saturated carbocycles. The topological polar surface area (TPSA) is 105 Å². The van der Waals surface area contributed by atoms with Gasteiger partial charge in [-0.1, -0.05) is 0 Å². The van der Waals surface area contributed by atoms with Gasteiger partial charge in [0.1, 0.15) is 5.82 Å². The zero-order chi connectivity index (χ0) is 15.8. The van der Waals surface area contributed by atoms with Crippen molar-refractivity contribution in [2.75, 3.05) is 12.8 Å². The van der Waals surface area contributed by atoms with Crippen LogP contribution in [0.15, 0.2) is 17.0 Å². The van der Waals surface area contributed by atoms with Crippen LogP contribution in [0.3, 0.4) is 0 Å². The van der Waals surface area contributed by atoms with E-state index in [9.17, 15) is 8.42 Å². The number of rotatable bonds is 4. The highest BCUT2D eigenvalue weighted by Gasteiger charge is 2.25. The van der Waals surface area contributed by atoms with Crippen LogP contribution in [-0.4, -0.2) is 35.0 Å². The van der Waals surface area contributed by atoms with Crippen LogP contribution in [0.5, 0.6) is 0 Å². The van der Waals surface area contributed by atoms with Crippen molar-refractivity contribution in [3.63, 3.8) is 0 Å². The Hall–Kier alpha value is -1.93. The second kappa shape index (κ2) is 5.45. The number of H-pyrrole nitrogens is 1. The fourth-order valence-electron chi connectivity index (χ4n) is 2.03. The third-order valence-corrected chi connectivity index (χ3v) is 5.17. The van der Waals surface area contributed by atoms with Gasteiger partial charge in [0.2, 0.25) is 10.0 Å². The predicted molar refractivity (Wildman–Crippen MR) is 80.1 cm³/mol. The molecule has 0 radical (unpaired) electrons. The number of aromatic amines is 1. The lowest BCUT2D eigenvalue weighted by atomic mass is 10.1. The standard InChI is InChI=1S/C13H19N5O2S/c1-8-5-11(14)9(2)12(6-8)21(19,20)18(4)7-13-15-10(3)16-17-13/h5-6H,7,14H2,1-4H3,(H,15,16,17). The molecule has 0 spiro atoms. The number of sulfonamides is 1. The van der Waals surface area contributed by atoms with Crippen molar-refractivity contribution < 1.29 is 8.42 Å². The van der Waals surface area contributed by atoms with Gasteiger partial charge in [0.15, 0.2) is 5.82 Å². The Balaban J connectivity index is 2.37. The molecule has 114 valence electrons. The first-order valence-electron chi connectivity index (χ1n) is 6.42. The molecule has 0 amide bonds. The number of anilines is 1. The third kappa shape index (κ3) is 3.06. The van der Waals surface area contributed by atoms with Crippen LogP contribution in [0.25, 0.3) is 0 Å². The smallest absolute Gasteiger partial charge is 0.243 e. The van der Waals surface area contributed by atoms with Gasteiger partial charge in [0.05, 0.1) is 11.4 Å². The Morgan fingerprint density at radius 1 is 1.29 bits per heavy atom. The van der Waals surface area contributed by atoms with Crippen LogP contribution in [-0.2, 0) is 16.6 Å². The third-order valence-electron chi connectivity index (χ3n) is 3.24. The second-order valence-electron chi connectivity index (χ2n) is 5.08. The van der Waals surface area contributed by atoms with Crippen LogP contribution in [0.4, 0.5) is 5.69 Å². The van der Waals surface area contributed by atoms with E-state index in [1.54, 1.807) is 26.0 Å². The minimum atomic E-state index is -3.64. The molecule has 0 aliphatic carbocycles. The van der Waals surface area contributed by atoms with E-state index in [4.69, 9.17) is 5.73 Å². The maximum absolute atomic E-state index is 12.7. The predicted octanol–water partition coefficient (Wildman–Crippen LogP) is 1.13. The van der Waals surface area contributed by atoms with Crippen molar-refractivity contribution in [2.24, 2.45) is 0 Å². The van der Waals surface area contributed by atoms with Crippen LogP contribution < -0.4 is 5.73 Å². The highest BCUT2D eigenvalue weighted by molar-refractivity contribution is 7.89. The number of hydrogen-bond acceptors (Lipinski definition) is 5. The van der Waals surface area contributed by atoms with E-state index in [2.05, 4.69) is 15.2 Å². The number of aromatic nitrogens is 3. The van der Waals surface area contributed by atoms with Gasteiger partial charge >= 0.3 is 0 Å². The van der Waals surface area contributed by atoms with Crippen molar-refractivity contribution in [2.45, 2.75) is 32.2 Å². The SMILES string of the molecule is Cc1cc(N)c(C)c(S(=O)(=O)N(C)Cc2n[nH]c(C)n2)c1. The molecule has 0 aliphatic heterocycles. The van der Waals surface area contributed by atoms with E-state index in [0.717, 1.165) is 5.56 Å². The van der Waals surface area contributed by atoms with Crippen LogP contribution >= 0.6 is 0 Å². The van der Waals surface area contributed by atoms with Crippen LogP contribution in [0.1, 0.15) is 22.8 Å². The average molecular weight is 309 g/mol. The van der Waals surface area contributed by atoms with Crippen molar-refractivity contribution >= 4 is 15.7 Å². The summed E-state index contributed by atoms with van der Waals surface area (Å²) in [5.41, 5.74) is 7.69. The Labute approximate surface area is 124 Å². The molecule has 0 saturated heterocycles. The summed E-state index contributed by atoms with van der Waals surface area (Å²) in [6, 6.07) is 3.38. The molecule has 0 unspecified atom stereocenters. The minimum absolute atomic E-state index is 0.0972. The van der Waals surface area contributed by atoms with Gasteiger partial charge in [-0.25, -0.2) is 13.4 Å². The highest BCUT2D eigenvalue weighted by Crippen LogP contribution is 2.25. The largest absolute Gasteiger partial charge is 0.398 e. The van der Waals surface area contributed by atoms with Crippen molar-refractivity contribution in [1.29, 1.82) is 0 Å². The van der Waals surface area contributed by atoms with Gasteiger partial charge < -0.3 is 5.73 Å². The summed E-state index contributed by atoms with van der Waals surface area (Å²) in [5, 5.41) is 6.65. The summed E-state index contributed by atoms with van der Waals surface area (Å²) in [4.78, 5) is 4.34. The molecule has 1 aromatic carbocycles. The van der Waals surface area contributed by atoms with E-state index in [1.807, 2.05) is 6.92 Å². The minimum Gasteiger partial charge on any atom is -0.398 e. The van der Waals surface area contributed by atoms with E-state index < -0.39 is 10.0 Å². The number of hydrogen-bond donors (Lipinski definition) is 2. The number of nitrogens with one attached hydrogen (secondary N) is 1. The van der Waals surface area contributed by atoms with E-state index in [1.165, 1.54) is 11.4 Å². The number of nitrogen functional groups attached to an aromatic ring is 1. The molecule has 21 heavy (non-hydrogen) atoms. The molecular formula is C13H19N5O2S. The maximum Gasteiger partial charge on any atom is 0.243 e. The lowest BCUT2D eigenvalue weighted by Gasteiger charge is -2.18.